The summed E-state index contributed by atoms with van der Waals surface area (Å²) in [5, 5.41) is 6.91. The predicted molar refractivity (Wildman–Crippen MR) is 109 cm³/mol. The van der Waals surface area contributed by atoms with Crippen LogP contribution in [0.25, 0.3) is 0 Å². The molecular weight excluding hydrogens is 324 g/mol. The van der Waals surface area contributed by atoms with Crippen LogP contribution in [0.5, 0.6) is 0 Å². The van der Waals surface area contributed by atoms with Crippen LogP contribution in [0.15, 0.2) is 35.3 Å². The van der Waals surface area contributed by atoms with Crippen molar-refractivity contribution in [2.45, 2.75) is 33.3 Å². The molecule has 0 amide bonds. The maximum atomic E-state index is 5.82. The summed E-state index contributed by atoms with van der Waals surface area (Å²) in [6.07, 6.45) is 2.53. The van der Waals surface area contributed by atoms with E-state index in [4.69, 9.17) is 4.74 Å². The van der Waals surface area contributed by atoms with E-state index in [-0.39, 0.29) is 0 Å². The summed E-state index contributed by atoms with van der Waals surface area (Å²) in [7, 11) is 1.84. The van der Waals surface area contributed by atoms with Crippen molar-refractivity contribution >= 4 is 5.96 Å². The highest BCUT2D eigenvalue weighted by Crippen LogP contribution is 2.15. The van der Waals surface area contributed by atoms with Gasteiger partial charge in [-0.3, -0.25) is 4.99 Å². The van der Waals surface area contributed by atoms with E-state index in [1.165, 1.54) is 38.0 Å². The molecule has 2 N–H and O–H groups in total. The molecule has 1 aliphatic rings. The zero-order chi connectivity index (χ0) is 18.6. The fourth-order valence-electron chi connectivity index (χ4n) is 3.34. The summed E-state index contributed by atoms with van der Waals surface area (Å²) < 4.78 is 5.82. The van der Waals surface area contributed by atoms with Gasteiger partial charge in [0.25, 0.3) is 0 Å². The van der Waals surface area contributed by atoms with Gasteiger partial charge in [-0.2, -0.15) is 0 Å². The lowest BCUT2D eigenvalue weighted by molar-refractivity contribution is 0.0931. The number of guanidine groups is 1. The number of ether oxygens (including phenoxy) is 1. The molecule has 2 rings (SSSR count). The number of hydrogen-bond donors (Lipinski definition) is 2. The van der Waals surface area contributed by atoms with E-state index < -0.39 is 0 Å². The zero-order valence-electron chi connectivity index (χ0n) is 16.7. The first-order chi connectivity index (χ1) is 12.7. The molecule has 1 aliphatic heterocycles. The van der Waals surface area contributed by atoms with Gasteiger partial charge in [0.2, 0.25) is 0 Å². The molecule has 5 heteroatoms. The van der Waals surface area contributed by atoms with Crippen molar-refractivity contribution < 1.29 is 4.74 Å². The van der Waals surface area contributed by atoms with Crippen LogP contribution in [0.4, 0.5) is 0 Å². The van der Waals surface area contributed by atoms with Gasteiger partial charge in [-0.15, -0.1) is 0 Å². The maximum Gasteiger partial charge on any atom is 0.190 e. The Balaban J connectivity index is 1.57. The average molecular weight is 361 g/mol. The number of aliphatic imine (C=N–C) groups is 1. The Kier molecular flexibility index (Phi) is 9.50. The molecule has 5 nitrogen and oxygen atoms in total. The largest absolute Gasteiger partial charge is 0.376 e. The molecule has 26 heavy (non-hydrogen) atoms. The Morgan fingerprint density at radius 3 is 2.85 bits per heavy atom. The van der Waals surface area contributed by atoms with Crippen molar-refractivity contribution in [3.8, 4) is 0 Å². The SMILES string of the molecule is CCCN1CCC(CNC(=NC)NCC(C)COCc2ccccc2)C1. The molecule has 0 spiro atoms. The topological polar surface area (TPSA) is 48.9 Å². The van der Waals surface area contributed by atoms with Gasteiger partial charge in [0.15, 0.2) is 5.96 Å². The molecular formula is C21H36N4O. The molecule has 2 atom stereocenters. The van der Waals surface area contributed by atoms with Crippen LogP contribution in [0.2, 0.25) is 0 Å². The monoisotopic (exact) mass is 360 g/mol. The van der Waals surface area contributed by atoms with E-state index >= 15 is 0 Å². The normalized spacial score (nSPS) is 19.5. The van der Waals surface area contributed by atoms with Crippen molar-refractivity contribution in [2.24, 2.45) is 16.8 Å². The van der Waals surface area contributed by atoms with E-state index in [2.05, 4.69) is 46.5 Å². The van der Waals surface area contributed by atoms with Crippen LogP contribution >= 0.6 is 0 Å². The summed E-state index contributed by atoms with van der Waals surface area (Å²) in [4.78, 5) is 6.91. The molecule has 0 aromatic heterocycles. The smallest absolute Gasteiger partial charge is 0.190 e. The molecule has 1 aromatic carbocycles. The van der Waals surface area contributed by atoms with Gasteiger partial charge in [-0.05, 0) is 43.3 Å². The van der Waals surface area contributed by atoms with Crippen LogP contribution in [0.1, 0.15) is 32.3 Å². The minimum absolute atomic E-state index is 0.434. The summed E-state index contributed by atoms with van der Waals surface area (Å²) in [6, 6.07) is 10.3. The lowest BCUT2D eigenvalue weighted by Gasteiger charge is -2.18. The van der Waals surface area contributed by atoms with E-state index in [9.17, 15) is 0 Å². The lowest BCUT2D eigenvalue weighted by Crippen LogP contribution is -2.42. The quantitative estimate of drug-likeness (QED) is 0.498. The molecule has 1 saturated heterocycles. The second kappa shape index (κ2) is 11.9. The van der Waals surface area contributed by atoms with Crippen LogP contribution in [-0.4, -0.2) is 57.2 Å². The third-order valence-corrected chi connectivity index (χ3v) is 4.82. The van der Waals surface area contributed by atoms with Crippen molar-refractivity contribution in [2.75, 3.05) is 46.4 Å². The molecule has 2 unspecified atom stereocenters. The predicted octanol–water partition coefficient (Wildman–Crippen LogP) is 2.74. The highest BCUT2D eigenvalue weighted by atomic mass is 16.5. The fourth-order valence-corrected chi connectivity index (χ4v) is 3.34. The van der Waals surface area contributed by atoms with Gasteiger partial charge in [0, 0.05) is 26.7 Å². The van der Waals surface area contributed by atoms with E-state index in [0.29, 0.717) is 12.5 Å². The number of benzene rings is 1. The van der Waals surface area contributed by atoms with Crippen molar-refractivity contribution in [1.29, 1.82) is 0 Å². The first kappa shape index (κ1) is 20.7. The van der Waals surface area contributed by atoms with Crippen molar-refractivity contribution in [3.63, 3.8) is 0 Å². The van der Waals surface area contributed by atoms with Gasteiger partial charge in [0.1, 0.15) is 0 Å². The molecule has 1 fully saturated rings. The number of nitrogens with zero attached hydrogens (tertiary/aromatic N) is 2. The Labute approximate surface area is 159 Å². The summed E-state index contributed by atoms with van der Waals surface area (Å²) in [5.41, 5.74) is 1.22. The molecule has 1 aromatic rings. The number of likely N-dealkylation sites (tertiary alicyclic amines) is 1. The first-order valence-corrected chi connectivity index (χ1v) is 9.99. The first-order valence-electron chi connectivity index (χ1n) is 9.99. The Hall–Kier alpha value is -1.59. The van der Waals surface area contributed by atoms with Gasteiger partial charge >= 0.3 is 0 Å². The van der Waals surface area contributed by atoms with Crippen molar-refractivity contribution in [3.05, 3.63) is 35.9 Å². The van der Waals surface area contributed by atoms with Gasteiger partial charge < -0.3 is 20.3 Å². The molecule has 1 heterocycles. The Bertz CT molecular complexity index is 520. The second-order valence-corrected chi connectivity index (χ2v) is 7.40. The van der Waals surface area contributed by atoms with Crippen LogP contribution in [0, 0.1) is 11.8 Å². The van der Waals surface area contributed by atoms with Gasteiger partial charge in [-0.1, -0.05) is 44.2 Å². The van der Waals surface area contributed by atoms with E-state index in [0.717, 1.165) is 31.6 Å². The summed E-state index contributed by atoms with van der Waals surface area (Å²) in [6.45, 7) is 11.4. The van der Waals surface area contributed by atoms with Crippen LogP contribution in [-0.2, 0) is 11.3 Å². The fraction of sp³-hybridized carbons (Fsp3) is 0.667. The number of rotatable bonds is 10. The minimum atomic E-state index is 0.434. The standard InChI is InChI=1S/C21H36N4O/c1-4-11-25-12-10-20(15-25)14-24-21(22-3)23-13-18(2)16-26-17-19-8-6-5-7-9-19/h5-9,18,20H,4,10-17H2,1-3H3,(H2,22,23,24). The Morgan fingerprint density at radius 1 is 1.31 bits per heavy atom. The zero-order valence-corrected chi connectivity index (χ0v) is 16.7. The Morgan fingerprint density at radius 2 is 2.12 bits per heavy atom. The minimum Gasteiger partial charge on any atom is -0.376 e. The third-order valence-electron chi connectivity index (χ3n) is 4.82. The molecule has 0 saturated carbocycles. The number of hydrogen-bond acceptors (Lipinski definition) is 3. The summed E-state index contributed by atoms with van der Waals surface area (Å²) >= 11 is 0. The average Bonchev–Trinajstić information content (AvgIpc) is 3.10. The lowest BCUT2D eigenvalue weighted by atomic mass is 10.1. The highest BCUT2D eigenvalue weighted by molar-refractivity contribution is 5.79. The molecule has 0 radical (unpaired) electrons. The van der Waals surface area contributed by atoms with E-state index in [1.807, 2.05) is 25.2 Å². The van der Waals surface area contributed by atoms with Crippen LogP contribution in [0.3, 0.4) is 0 Å². The third kappa shape index (κ3) is 7.75. The van der Waals surface area contributed by atoms with Crippen molar-refractivity contribution in [1.82, 2.24) is 15.5 Å². The van der Waals surface area contributed by atoms with Crippen LogP contribution < -0.4 is 10.6 Å². The number of nitrogens with one attached hydrogen (secondary N) is 2. The highest BCUT2D eigenvalue weighted by Gasteiger charge is 2.21. The molecule has 0 aliphatic carbocycles. The van der Waals surface area contributed by atoms with Gasteiger partial charge in [0.05, 0.1) is 13.2 Å². The summed E-state index contributed by atoms with van der Waals surface area (Å²) in [5.74, 6) is 2.06. The van der Waals surface area contributed by atoms with Gasteiger partial charge in [-0.25, -0.2) is 0 Å². The maximum absolute atomic E-state index is 5.82. The second-order valence-electron chi connectivity index (χ2n) is 7.40. The molecule has 146 valence electrons. The van der Waals surface area contributed by atoms with E-state index in [1.54, 1.807) is 0 Å². The molecule has 0 bridgehead atoms.